The standard InChI is InChI=1S/C22H18ClN3O/c23-21-10-15(12-24)3-5-19(21)16-4-6-20-17(7-9-27-22(20)11-16)13-26-18-2-1-8-25-14-18/h1-6,8,10-11,14,17,26H,7,9,13H2/t17-/m1/s1. The number of nitrogens with zero attached hydrogens (tertiary/aromatic N) is 2. The second-order valence-electron chi connectivity index (χ2n) is 6.52. The van der Waals surface area contributed by atoms with Crippen molar-refractivity contribution in [2.75, 3.05) is 18.5 Å². The number of halogens is 1. The number of anilines is 1. The van der Waals surface area contributed by atoms with Gasteiger partial charge in [0.05, 0.1) is 23.9 Å². The van der Waals surface area contributed by atoms with Crippen LogP contribution < -0.4 is 10.1 Å². The van der Waals surface area contributed by atoms with Crippen LogP contribution in [0, 0.1) is 11.3 Å². The fourth-order valence-electron chi connectivity index (χ4n) is 3.37. The highest BCUT2D eigenvalue weighted by molar-refractivity contribution is 6.33. The lowest BCUT2D eigenvalue weighted by Gasteiger charge is -2.27. The summed E-state index contributed by atoms with van der Waals surface area (Å²) in [6, 6.07) is 17.6. The Hall–Kier alpha value is -3.03. The Morgan fingerprint density at radius 3 is 2.93 bits per heavy atom. The second-order valence-corrected chi connectivity index (χ2v) is 6.92. The molecule has 1 atom stereocenters. The molecule has 27 heavy (non-hydrogen) atoms. The Kier molecular flexibility index (Phi) is 4.95. The first-order valence-corrected chi connectivity index (χ1v) is 9.23. The molecule has 0 saturated carbocycles. The fraction of sp³-hybridized carbons (Fsp3) is 0.182. The van der Waals surface area contributed by atoms with Gasteiger partial charge in [0.15, 0.2) is 0 Å². The van der Waals surface area contributed by atoms with Gasteiger partial charge in [-0.1, -0.05) is 29.8 Å². The molecule has 5 heteroatoms. The van der Waals surface area contributed by atoms with Crippen LogP contribution in [0.15, 0.2) is 60.9 Å². The molecule has 1 aromatic heterocycles. The zero-order valence-corrected chi connectivity index (χ0v) is 15.4. The second kappa shape index (κ2) is 7.69. The summed E-state index contributed by atoms with van der Waals surface area (Å²) in [7, 11) is 0. The monoisotopic (exact) mass is 375 g/mol. The van der Waals surface area contributed by atoms with Crippen molar-refractivity contribution in [3.63, 3.8) is 0 Å². The molecule has 4 rings (SSSR count). The van der Waals surface area contributed by atoms with Crippen molar-refractivity contribution < 1.29 is 4.74 Å². The Bertz CT molecular complexity index is 998. The van der Waals surface area contributed by atoms with E-state index in [4.69, 9.17) is 21.6 Å². The van der Waals surface area contributed by atoms with Gasteiger partial charge in [-0.3, -0.25) is 4.98 Å². The van der Waals surface area contributed by atoms with Crippen LogP contribution in [0.5, 0.6) is 5.75 Å². The highest BCUT2D eigenvalue weighted by Gasteiger charge is 2.22. The quantitative estimate of drug-likeness (QED) is 0.676. The van der Waals surface area contributed by atoms with E-state index >= 15 is 0 Å². The third-order valence-corrected chi connectivity index (χ3v) is 5.11. The number of aromatic nitrogens is 1. The fourth-order valence-corrected chi connectivity index (χ4v) is 3.66. The summed E-state index contributed by atoms with van der Waals surface area (Å²) >= 11 is 6.36. The van der Waals surface area contributed by atoms with Crippen LogP contribution in [0.4, 0.5) is 5.69 Å². The van der Waals surface area contributed by atoms with Crippen LogP contribution in [-0.2, 0) is 0 Å². The lowest BCUT2D eigenvalue weighted by Crippen LogP contribution is -2.20. The first-order valence-electron chi connectivity index (χ1n) is 8.85. The summed E-state index contributed by atoms with van der Waals surface area (Å²) in [5.74, 6) is 1.27. The van der Waals surface area contributed by atoms with Crippen LogP contribution in [-0.4, -0.2) is 18.1 Å². The van der Waals surface area contributed by atoms with Gasteiger partial charge in [-0.05, 0) is 47.9 Å². The van der Waals surface area contributed by atoms with E-state index in [0.29, 0.717) is 23.1 Å². The number of nitriles is 1. The SMILES string of the molecule is N#Cc1ccc(-c2ccc3c(c2)OCC[C@@H]3CNc2cccnc2)c(Cl)c1. The average molecular weight is 376 g/mol. The van der Waals surface area contributed by atoms with E-state index in [1.54, 1.807) is 18.3 Å². The van der Waals surface area contributed by atoms with Gasteiger partial charge in [0.25, 0.3) is 0 Å². The Balaban J connectivity index is 1.57. The van der Waals surface area contributed by atoms with Gasteiger partial charge < -0.3 is 10.1 Å². The van der Waals surface area contributed by atoms with Gasteiger partial charge in [-0.2, -0.15) is 5.26 Å². The minimum atomic E-state index is 0.374. The number of hydrogen-bond acceptors (Lipinski definition) is 4. The summed E-state index contributed by atoms with van der Waals surface area (Å²) in [5, 5.41) is 13.0. The smallest absolute Gasteiger partial charge is 0.123 e. The lowest BCUT2D eigenvalue weighted by molar-refractivity contribution is 0.270. The van der Waals surface area contributed by atoms with Gasteiger partial charge in [0.1, 0.15) is 5.75 Å². The van der Waals surface area contributed by atoms with E-state index in [1.165, 1.54) is 5.56 Å². The summed E-state index contributed by atoms with van der Waals surface area (Å²) in [5.41, 5.74) is 4.67. The number of pyridine rings is 1. The van der Waals surface area contributed by atoms with Crippen molar-refractivity contribution in [1.82, 2.24) is 4.98 Å². The summed E-state index contributed by atoms with van der Waals surface area (Å²) in [6.07, 6.45) is 4.57. The molecule has 0 aliphatic carbocycles. The van der Waals surface area contributed by atoms with E-state index in [9.17, 15) is 0 Å². The Morgan fingerprint density at radius 1 is 1.22 bits per heavy atom. The summed E-state index contributed by atoms with van der Waals surface area (Å²) in [6.45, 7) is 1.52. The third kappa shape index (κ3) is 3.74. The molecule has 2 heterocycles. The van der Waals surface area contributed by atoms with E-state index in [-0.39, 0.29) is 0 Å². The van der Waals surface area contributed by atoms with Crippen LogP contribution >= 0.6 is 11.6 Å². The number of benzene rings is 2. The molecule has 4 nitrogen and oxygen atoms in total. The third-order valence-electron chi connectivity index (χ3n) is 4.80. The average Bonchev–Trinajstić information content (AvgIpc) is 2.72. The molecule has 1 N–H and O–H groups in total. The van der Waals surface area contributed by atoms with Crippen molar-refractivity contribution in [2.24, 2.45) is 0 Å². The Labute approximate surface area is 163 Å². The molecular weight excluding hydrogens is 358 g/mol. The van der Waals surface area contributed by atoms with Gasteiger partial charge in [0.2, 0.25) is 0 Å². The molecule has 0 spiro atoms. The molecule has 0 radical (unpaired) electrons. The van der Waals surface area contributed by atoms with Gasteiger partial charge in [-0.25, -0.2) is 0 Å². The maximum absolute atomic E-state index is 9.01. The van der Waals surface area contributed by atoms with Gasteiger partial charge in [-0.15, -0.1) is 0 Å². The number of fused-ring (bicyclic) bond motifs is 1. The molecule has 0 unspecified atom stereocenters. The van der Waals surface area contributed by atoms with Gasteiger partial charge >= 0.3 is 0 Å². The number of hydrogen-bond donors (Lipinski definition) is 1. The van der Waals surface area contributed by atoms with E-state index < -0.39 is 0 Å². The molecule has 0 bridgehead atoms. The first kappa shape index (κ1) is 17.4. The molecule has 1 aliphatic rings. The normalized spacial score (nSPS) is 15.3. The number of rotatable bonds is 4. The topological polar surface area (TPSA) is 57.9 Å². The minimum Gasteiger partial charge on any atom is -0.493 e. The maximum Gasteiger partial charge on any atom is 0.123 e. The van der Waals surface area contributed by atoms with Crippen molar-refractivity contribution in [3.8, 4) is 22.9 Å². The number of nitrogens with one attached hydrogen (secondary N) is 1. The zero-order valence-electron chi connectivity index (χ0n) is 14.7. The predicted molar refractivity (Wildman–Crippen MR) is 107 cm³/mol. The molecule has 0 saturated heterocycles. The predicted octanol–water partition coefficient (Wildman–Crippen LogP) is 5.25. The number of ether oxygens (including phenoxy) is 1. The maximum atomic E-state index is 9.01. The highest BCUT2D eigenvalue weighted by atomic mass is 35.5. The summed E-state index contributed by atoms with van der Waals surface area (Å²) < 4.78 is 5.92. The zero-order chi connectivity index (χ0) is 18.6. The summed E-state index contributed by atoms with van der Waals surface area (Å²) in [4.78, 5) is 4.14. The highest BCUT2D eigenvalue weighted by Crippen LogP contribution is 2.38. The van der Waals surface area contributed by atoms with E-state index in [1.807, 2.05) is 30.5 Å². The largest absolute Gasteiger partial charge is 0.493 e. The molecular formula is C22H18ClN3O. The van der Waals surface area contributed by atoms with Crippen molar-refractivity contribution in [2.45, 2.75) is 12.3 Å². The lowest BCUT2D eigenvalue weighted by atomic mass is 9.91. The molecule has 134 valence electrons. The van der Waals surface area contributed by atoms with Crippen LogP contribution in [0.3, 0.4) is 0 Å². The molecule has 3 aromatic rings. The van der Waals surface area contributed by atoms with Crippen molar-refractivity contribution in [3.05, 3.63) is 77.1 Å². The van der Waals surface area contributed by atoms with Crippen molar-refractivity contribution in [1.29, 1.82) is 5.26 Å². The molecule has 1 aliphatic heterocycles. The minimum absolute atomic E-state index is 0.374. The van der Waals surface area contributed by atoms with Crippen molar-refractivity contribution >= 4 is 17.3 Å². The molecule has 2 aromatic carbocycles. The van der Waals surface area contributed by atoms with Crippen LogP contribution in [0.2, 0.25) is 5.02 Å². The molecule has 0 amide bonds. The first-order chi connectivity index (χ1) is 13.2. The molecule has 0 fully saturated rings. The Morgan fingerprint density at radius 2 is 2.15 bits per heavy atom. The van der Waals surface area contributed by atoms with E-state index in [0.717, 1.165) is 35.5 Å². The van der Waals surface area contributed by atoms with Crippen LogP contribution in [0.25, 0.3) is 11.1 Å². The van der Waals surface area contributed by atoms with Crippen LogP contribution in [0.1, 0.15) is 23.5 Å². The van der Waals surface area contributed by atoms with Gasteiger partial charge in [0, 0.05) is 35.4 Å². The van der Waals surface area contributed by atoms with E-state index in [2.05, 4.69) is 28.5 Å².